The molecule has 170 valence electrons. The van der Waals surface area contributed by atoms with Crippen molar-refractivity contribution in [3.8, 4) is 0 Å². The monoisotopic (exact) mass is 437 g/mol. The van der Waals surface area contributed by atoms with Gasteiger partial charge in [-0.25, -0.2) is 4.79 Å². The molecule has 2 fully saturated rings. The van der Waals surface area contributed by atoms with Crippen molar-refractivity contribution >= 4 is 17.6 Å². The zero-order valence-electron chi connectivity index (χ0n) is 18.3. The first-order chi connectivity index (χ1) is 15.7. The maximum atomic E-state index is 12.9. The van der Waals surface area contributed by atoms with Crippen molar-refractivity contribution in [1.82, 2.24) is 20.1 Å². The number of benzene rings is 1. The number of amides is 3. The molecule has 4 rings (SSSR count). The van der Waals surface area contributed by atoms with Crippen LogP contribution in [-0.4, -0.2) is 78.7 Å². The van der Waals surface area contributed by atoms with Crippen molar-refractivity contribution in [2.45, 2.75) is 25.3 Å². The van der Waals surface area contributed by atoms with Gasteiger partial charge in [0.25, 0.3) is 5.91 Å². The number of pyridine rings is 1. The number of ether oxygens (including phenoxy) is 1. The van der Waals surface area contributed by atoms with Crippen LogP contribution in [0.3, 0.4) is 0 Å². The quantitative estimate of drug-likeness (QED) is 0.725. The Morgan fingerprint density at radius 2 is 1.72 bits per heavy atom. The van der Waals surface area contributed by atoms with Gasteiger partial charge in [0.1, 0.15) is 0 Å². The third kappa shape index (κ3) is 6.05. The van der Waals surface area contributed by atoms with E-state index in [0.29, 0.717) is 37.6 Å². The Kier molecular flexibility index (Phi) is 7.68. The Balaban J connectivity index is 1.24. The fourth-order valence-corrected chi connectivity index (χ4v) is 4.20. The van der Waals surface area contributed by atoms with E-state index in [1.165, 1.54) is 5.56 Å². The van der Waals surface area contributed by atoms with E-state index in [-0.39, 0.29) is 18.0 Å². The normalized spacial score (nSPS) is 17.7. The van der Waals surface area contributed by atoms with Crippen molar-refractivity contribution in [3.05, 3.63) is 59.9 Å². The highest BCUT2D eigenvalue weighted by Crippen LogP contribution is 2.19. The zero-order chi connectivity index (χ0) is 22.2. The number of para-hydroxylation sites is 1. The lowest BCUT2D eigenvalue weighted by Gasteiger charge is -2.32. The fourth-order valence-electron chi connectivity index (χ4n) is 4.20. The molecule has 8 heteroatoms. The van der Waals surface area contributed by atoms with Crippen molar-refractivity contribution < 1.29 is 14.3 Å². The molecular formula is C24H31N5O3. The number of likely N-dealkylation sites (tertiary alicyclic amines) is 1. The minimum Gasteiger partial charge on any atom is -0.378 e. The Morgan fingerprint density at radius 1 is 1.00 bits per heavy atom. The summed E-state index contributed by atoms with van der Waals surface area (Å²) in [5.74, 6) is -0.0771. The topological polar surface area (TPSA) is 86.8 Å². The van der Waals surface area contributed by atoms with E-state index in [1.807, 2.05) is 24.5 Å². The first kappa shape index (κ1) is 22.2. The van der Waals surface area contributed by atoms with Crippen LogP contribution in [0, 0.1) is 0 Å². The number of aromatic nitrogens is 1. The second-order valence-corrected chi connectivity index (χ2v) is 8.27. The van der Waals surface area contributed by atoms with Gasteiger partial charge < -0.3 is 25.2 Å². The summed E-state index contributed by atoms with van der Waals surface area (Å²) in [5.41, 5.74) is 2.34. The average Bonchev–Trinajstić information content (AvgIpc) is 2.85. The molecule has 2 N–H and O–H groups in total. The number of rotatable bonds is 6. The summed E-state index contributed by atoms with van der Waals surface area (Å²) < 4.78 is 5.33. The van der Waals surface area contributed by atoms with Crippen LogP contribution in [0.5, 0.6) is 0 Å². The van der Waals surface area contributed by atoms with Gasteiger partial charge in [-0.2, -0.15) is 0 Å². The average molecular weight is 438 g/mol. The van der Waals surface area contributed by atoms with Crippen LogP contribution in [0.4, 0.5) is 10.5 Å². The number of carbonyl (C=O) groups is 2. The summed E-state index contributed by atoms with van der Waals surface area (Å²) in [6.07, 6.45) is 6.50. The highest BCUT2D eigenvalue weighted by atomic mass is 16.5. The van der Waals surface area contributed by atoms with E-state index in [0.717, 1.165) is 38.9 Å². The molecule has 3 amide bonds. The number of anilines is 1. The first-order valence-corrected chi connectivity index (χ1v) is 11.3. The van der Waals surface area contributed by atoms with Gasteiger partial charge in [-0.3, -0.25) is 9.78 Å². The summed E-state index contributed by atoms with van der Waals surface area (Å²) in [6, 6.07) is 11.2. The molecular weight excluding hydrogens is 406 g/mol. The van der Waals surface area contributed by atoms with E-state index >= 15 is 0 Å². The molecule has 1 aromatic carbocycles. The summed E-state index contributed by atoms with van der Waals surface area (Å²) in [6.45, 7) is 5.16. The summed E-state index contributed by atoms with van der Waals surface area (Å²) >= 11 is 0. The number of hydrogen-bond donors (Lipinski definition) is 2. The molecule has 0 bridgehead atoms. The Bertz CT molecular complexity index is 894. The molecule has 2 aliphatic rings. The maximum absolute atomic E-state index is 12.9. The second-order valence-electron chi connectivity index (χ2n) is 8.27. The third-order valence-corrected chi connectivity index (χ3v) is 6.09. The van der Waals surface area contributed by atoms with Crippen molar-refractivity contribution in [2.75, 3.05) is 51.3 Å². The Morgan fingerprint density at radius 3 is 2.47 bits per heavy atom. The minimum atomic E-state index is -0.262. The molecule has 8 nitrogen and oxygen atoms in total. The number of morpholine rings is 1. The van der Waals surface area contributed by atoms with Gasteiger partial charge in [-0.15, -0.1) is 0 Å². The van der Waals surface area contributed by atoms with Gasteiger partial charge in [-0.1, -0.05) is 12.1 Å². The van der Waals surface area contributed by atoms with E-state index < -0.39 is 0 Å². The molecule has 0 radical (unpaired) electrons. The second kappa shape index (κ2) is 11.1. The van der Waals surface area contributed by atoms with Gasteiger partial charge in [0, 0.05) is 51.2 Å². The lowest BCUT2D eigenvalue weighted by molar-refractivity contribution is 0.0303. The molecule has 0 aliphatic carbocycles. The van der Waals surface area contributed by atoms with Crippen molar-refractivity contribution in [3.63, 3.8) is 0 Å². The Hall–Kier alpha value is -2.97. The van der Waals surface area contributed by atoms with Gasteiger partial charge >= 0.3 is 6.03 Å². The lowest BCUT2D eigenvalue weighted by atomic mass is 10.0. The third-order valence-electron chi connectivity index (χ3n) is 6.09. The highest BCUT2D eigenvalue weighted by Gasteiger charge is 2.23. The zero-order valence-corrected chi connectivity index (χ0v) is 18.3. The molecule has 32 heavy (non-hydrogen) atoms. The van der Waals surface area contributed by atoms with Crippen LogP contribution < -0.4 is 10.6 Å². The van der Waals surface area contributed by atoms with Crippen LogP contribution in [0.25, 0.3) is 0 Å². The number of nitrogens with one attached hydrogen (secondary N) is 2. The molecule has 0 spiro atoms. The lowest BCUT2D eigenvalue weighted by Crippen LogP contribution is -2.46. The molecule has 0 atom stereocenters. The molecule has 2 aromatic rings. The molecule has 0 saturated carbocycles. The van der Waals surface area contributed by atoms with Gasteiger partial charge in [0.2, 0.25) is 0 Å². The number of hydrogen-bond acceptors (Lipinski definition) is 5. The van der Waals surface area contributed by atoms with Crippen LogP contribution in [0.1, 0.15) is 28.8 Å². The molecule has 2 aliphatic heterocycles. The van der Waals surface area contributed by atoms with E-state index in [4.69, 9.17) is 4.74 Å². The van der Waals surface area contributed by atoms with Crippen molar-refractivity contribution in [2.24, 2.45) is 0 Å². The number of nitrogens with zero attached hydrogens (tertiary/aromatic N) is 3. The minimum absolute atomic E-state index is 0.0771. The molecule has 3 heterocycles. The van der Waals surface area contributed by atoms with Crippen LogP contribution >= 0.6 is 0 Å². The van der Waals surface area contributed by atoms with Crippen LogP contribution in [0.2, 0.25) is 0 Å². The number of piperidine rings is 1. The predicted octanol–water partition coefficient (Wildman–Crippen LogP) is 2.38. The molecule has 2 saturated heterocycles. The largest absolute Gasteiger partial charge is 0.378 e. The summed E-state index contributed by atoms with van der Waals surface area (Å²) in [7, 11) is 0. The van der Waals surface area contributed by atoms with E-state index in [2.05, 4.69) is 32.7 Å². The first-order valence-electron chi connectivity index (χ1n) is 11.3. The van der Waals surface area contributed by atoms with E-state index in [1.54, 1.807) is 17.0 Å². The van der Waals surface area contributed by atoms with Crippen molar-refractivity contribution in [1.29, 1.82) is 0 Å². The SMILES string of the molecule is O=C(Nc1ccccc1C(=O)N1CCOCC1)NC1CCN(CCc2ccncc2)CC1. The van der Waals surface area contributed by atoms with Crippen LogP contribution in [0.15, 0.2) is 48.8 Å². The fraction of sp³-hybridized carbons (Fsp3) is 0.458. The van der Waals surface area contributed by atoms with Gasteiger partial charge in [0.15, 0.2) is 0 Å². The van der Waals surface area contributed by atoms with Crippen LogP contribution in [-0.2, 0) is 11.2 Å². The molecule has 1 aromatic heterocycles. The number of urea groups is 1. The smallest absolute Gasteiger partial charge is 0.319 e. The standard InChI is InChI=1S/C24H31N5O3/c30-23(29-15-17-32-18-16-29)21-3-1-2-4-22(21)27-24(31)26-20-8-13-28(14-9-20)12-7-19-5-10-25-11-6-19/h1-6,10-11,20H,7-9,12-18H2,(H2,26,27,31). The summed E-state index contributed by atoms with van der Waals surface area (Å²) in [4.78, 5) is 33.8. The summed E-state index contributed by atoms with van der Waals surface area (Å²) in [5, 5.41) is 5.96. The molecule has 0 unspecified atom stereocenters. The number of carbonyl (C=O) groups excluding carboxylic acids is 2. The maximum Gasteiger partial charge on any atom is 0.319 e. The van der Waals surface area contributed by atoms with Gasteiger partial charge in [0.05, 0.1) is 24.5 Å². The van der Waals surface area contributed by atoms with E-state index in [9.17, 15) is 9.59 Å². The highest BCUT2D eigenvalue weighted by molar-refractivity contribution is 6.03. The Labute approximate surface area is 188 Å². The predicted molar refractivity (Wildman–Crippen MR) is 123 cm³/mol. The van der Waals surface area contributed by atoms with Gasteiger partial charge in [-0.05, 0) is 49.1 Å².